The molecule has 4 aromatic rings. The third-order valence-corrected chi connectivity index (χ3v) is 6.31. The molecule has 3 unspecified atom stereocenters. The summed E-state index contributed by atoms with van der Waals surface area (Å²) in [6, 6.07) is 19.2. The molecule has 3 atom stereocenters. The largest absolute Gasteiger partial charge is 0.333 e. The predicted octanol–water partition coefficient (Wildman–Crippen LogP) is 4.03. The Kier molecular flexibility index (Phi) is 3.59. The number of carbonyl (C=O) groups excluding carboxylic acids is 1. The number of amides is 2. The summed E-state index contributed by atoms with van der Waals surface area (Å²) in [5.74, 6) is 0.977. The van der Waals surface area contributed by atoms with Gasteiger partial charge in [-0.1, -0.05) is 30.3 Å². The number of carbonyl (C=O) groups is 1. The average Bonchev–Trinajstić information content (AvgIpc) is 3.32. The van der Waals surface area contributed by atoms with Crippen molar-refractivity contribution in [2.45, 2.75) is 37.4 Å². The van der Waals surface area contributed by atoms with Crippen LogP contribution >= 0.6 is 0 Å². The molecule has 0 bridgehead atoms. The van der Waals surface area contributed by atoms with E-state index in [0.717, 1.165) is 52.6 Å². The van der Waals surface area contributed by atoms with Crippen LogP contribution < -0.4 is 10.6 Å². The van der Waals surface area contributed by atoms with Gasteiger partial charge in [-0.3, -0.25) is 4.98 Å². The van der Waals surface area contributed by atoms with Crippen molar-refractivity contribution in [2.24, 2.45) is 0 Å². The molecular weight excluding hydrogens is 362 g/mol. The van der Waals surface area contributed by atoms with E-state index in [2.05, 4.69) is 50.5 Å². The molecule has 1 aliphatic heterocycles. The summed E-state index contributed by atoms with van der Waals surface area (Å²) in [7, 11) is 0. The van der Waals surface area contributed by atoms with E-state index in [9.17, 15) is 4.79 Å². The minimum atomic E-state index is -0.0449. The standard InChI is InChI=1S/C23H21N5O/c29-23-26-18-10-9-14(13-20(18)27-23)28-21-8-4-3-7-19(21)25-22(28)16-11-12-24-17-6-2-1-5-15(16)17/h1-8,11-12,14,18,20H,9-10,13H2,(H2,26,27,29). The number of hydrogen-bond acceptors (Lipinski definition) is 3. The first-order valence-corrected chi connectivity index (χ1v) is 10.2. The summed E-state index contributed by atoms with van der Waals surface area (Å²) in [5, 5.41) is 7.24. The Morgan fingerprint density at radius 1 is 0.897 bits per heavy atom. The van der Waals surface area contributed by atoms with Gasteiger partial charge in [-0.2, -0.15) is 0 Å². The number of hydrogen-bond donors (Lipinski definition) is 2. The minimum Gasteiger partial charge on any atom is -0.333 e. The lowest BCUT2D eigenvalue weighted by molar-refractivity contribution is 0.247. The second-order valence-electron chi connectivity index (χ2n) is 7.97. The van der Waals surface area contributed by atoms with Crippen LogP contribution in [0.25, 0.3) is 33.3 Å². The molecule has 3 heterocycles. The molecule has 6 nitrogen and oxygen atoms in total. The molecule has 2 aromatic heterocycles. The van der Waals surface area contributed by atoms with Gasteiger partial charge < -0.3 is 15.2 Å². The summed E-state index contributed by atoms with van der Waals surface area (Å²) in [6.45, 7) is 0. The molecule has 2 amide bonds. The number of rotatable bonds is 2. The normalized spacial score (nSPS) is 23.7. The van der Waals surface area contributed by atoms with Crippen LogP contribution in [-0.4, -0.2) is 32.6 Å². The molecule has 2 fully saturated rings. The summed E-state index contributed by atoms with van der Waals surface area (Å²) >= 11 is 0. The highest BCUT2D eigenvalue weighted by molar-refractivity contribution is 5.94. The van der Waals surface area contributed by atoms with E-state index in [1.807, 2.05) is 30.5 Å². The molecular formula is C23H21N5O. The molecule has 1 aliphatic carbocycles. The van der Waals surface area contributed by atoms with Crippen LogP contribution in [0, 0.1) is 0 Å². The van der Waals surface area contributed by atoms with Crippen molar-refractivity contribution < 1.29 is 4.79 Å². The van der Waals surface area contributed by atoms with Crippen molar-refractivity contribution in [3.8, 4) is 11.4 Å². The van der Waals surface area contributed by atoms with Crippen LogP contribution in [-0.2, 0) is 0 Å². The van der Waals surface area contributed by atoms with E-state index in [-0.39, 0.29) is 24.2 Å². The number of nitrogens with one attached hydrogen (secondary N) is 2. The van der Waals surface area contributed by atoms with Crippen molar-refractivity contribution in [1.82, 2.24) is 25.2 Å². The molecule has 144 valence electrons. The highest BCUT2D eigenvalue weighted by Crippen LogP contribution is 2.38. The third kappa shape index (κ3) is 2.59. The van der Waals surface area contributed by atoms with Crippen LogP contribution in [0.15, 0.2) is 60.8 Å². The summed E-state index contributed by atoms with van der Waals surface area (Å²) < 4.78 is 2.39. The molecule has 2 aromatic carbocycles. The SMILES string of the molecule is O=C1NC2CCC(n3c(-c4ccnc5ccccc45)nc4ccccc43)CC2N1. The van der Waals surface area contributed by atoms with Gasteiger partial charge in [-0.25, -0.2) is 9.78 Å². The Morgan fingerprint density at radius 2 is 1.69 bits per heavy atom. The van der Waals surface area contributed by atoms with E-state index >= 15 is 0 Å². The number of nitrogens with zero attached hydrogens (tertiary/aromatic N) is 3. The van der Waals surface area contributed by atoms with E-state index in [1.165, 1.54) is 0 Å². The van der Waals surface area contributed by atoms with Gasteiger partial charge in [0, 0.05) is 23.2 Å². The van der Waals surface area contributed by atoms with Crippen molar-refractivity contribution in [3.05, 3.63) is 60.8 Å². The molecule has 6 heteroatoms. The number of pyridine rings is 1. The topological polar surface area (TPSA) is 71.8 Å². The summed E-state index contributed by atoms with van der Waals surface area (Å²) in [5.41, 5.74) is 4.21. The maximum absolute atomic E-state index is 11.8. The molecule has 6 rings (SSSR count). The smallest absolute Gasteiger partial charge is 0.315 e. The molecule has 0 radical (unpaired) electrons. The van der Waals surface area contributed by atoms with E-state index < -0.39 is 0 Å². The van der Waals surface area contributed by atoms with Gasteiger partial charge in [0.1, 0.15) is 5.82 Å². The number of benzene rings is 2. The van der Waals surface area contributed by atoms with E-state index in [4.69, 9.17) is 4.98 Å². The number of imidazole rings is 1. The molecule has 1 saturated carbocycles. The maximum Gasteiger partial charge on any atom is 0.315 e. The Hall–Kier alpha value is -3.41. The molecule has 29 heavy (non-hydrogen) atoms. The van der Waals surface area contributed by atoms with E-state index in [0.29, 0.717) is 0 Å². The van der Waals surface area contributed by atoms with Gasteiger partial charge in [0.05, 0.1) is 28.6 Å². The lowest BCUT2D eigenvalue weighted by atomic mass is 9.87. The summed E-state index contributed by atoms with van der Waals surface area (Å²) in [4.78, 5) is 21.4. The summed E-state index contributed by atoms with van der Waals surface area (Å²) in [6.07, 6.45) is 4.75. The van der Waals surface area contributed by atoms with Crippen molar-refractivity contribution >= 4 is 28.0 Å². The highest BCUT2D eigenvalue weighted by atomic mass is 16.2. The monoisotopic (exact) mass is 383 g/mol. The maximum atomic E-state index is 11.8. The predicted molar refractivity (Wildman–Crippen MR) is 113 cm³/mol. The van der Waals surface area contributed by atoms with E-state index in [1.54, 1.807) is 0 Å². The lowest BCUT2D eigenvalue weighted by Crippen LogP contribution is -2.40. The van der Waals surface area contributed by atoms with Crippen LogP contribution in [0.3, 0.4) is 0 Å². The minimum absolute atomic E-state index is 0.0449. The first-order valence-electron chi connectivity index (χ1n) is 10.2. The fourth-order valence-electron chi connectivity index (χ4n) is 4.99. The molecule has 0 spiro atoms. The second-order valence-corrected chi connectivity index (χ2v) is 7.97. The van der Waals surface area contributed by atoms with Crippen molar-refractivity contribution in [3.63, 3.8) is 0 Å². The van der Waals surface area contributed by atoms with Gasteiger partial charge >= 0.3 is 6.03 Å². The first kappa shape index (κ1) is 16.5. The molecule has 2 N–H and O–H groups in total. The highest BCUT2D eigenvalue weighted by Gasteiger charge is 2.38. The average molecular weight is 383 g/mol. The number of urea groups is 1. The number of fused-ring (bicyclic) bond motifs is 3. The van der Waals surface area contributed by atoms with Crippen LogP contribution in [0.2, 0.25) is 0 Å². The van der Waals surface area contributed by atoms with Gasteiger partial charge in [-0.05, 0) is 43.5 Å². The quantitative estimate of drug-likeness (QED) is 0.549. The zero-order valence-electron chi connectivity index (χ0n) is 15.9. The Bertz CT molecular complexity index is 1240. The molecule has 2 aliphatic rings. The Balaban J connectivity index is 1.54. The first-order chi connectivity index (χ1) is 14.3. The second kappa shape index (κ2) is 6.30. The zero-order chi connectivity index (χ0) is 19.4. The fourth-order valence-corrected chi connectivity index (χ4v) is 4.99. The van der Waals surface area contributed by atoms with Crippen LogP contribution in [0.1, 0.15) is 25.3 Å². The fraction of sp³-hybridized carbons (Fsp3) is 0.261. The van der Waals surface area contributed by atoms with Gasteiger partial charge in [0.25, 0.3) is 0 Å². The number of aromatic nitrogens is 3. The Morgan fingerprint density at radius 3 is 2.62 bits per heavy atom. The third-order valence-electron chi connectivity index (χ3n) is 6.31. The number of para-hydroxylation sites is 3. The van der Waals surface area contributed by atoms with Gasteiger partial charge in [-0.15, -0.1) is 0 Å². The van der Waals surface area contributed by atoms with Gasteiger partial charge in [0.2, 0.25) is 0 Å². The Labute approximate surface area is 168 Å². The molecule has 1 saturated heterocycles. The zero-order valence-corrected chi connectivity index (χ0v) is 15.9. The van der Waals surface area contributed by atoms with Gasteiger partial charge in [0.15, 0.2) is 0 Å². The van der Waals surface area contributed by atoms with Crippen LogP contribution in [0.5, 0.6) is 0 Å². The van der Waals surface area contributed by atoms with Crippen molar-refractivity contribution in [2.75, 3.05) is 0 Å². The lowest BCUT2D eigenvalue weighted by Gasteiger charge is -2.32. The van der Waals surface area contributed by atoms with Crippen LogP contribution in [0.4, 0.5) is 4.79 Å². The van der Waals surface area contributed by atoms with Crippen molar-refractivity contribution in [1.29, 1.82) is 0 Å².